The Balaban J connectivity index is 1.89. The van der Waals surface area contributed by atoms with Crippen LogP contribution < -0.4 is 14.9 Å². The number of hydrazone groups is 1. The lowest BCUT2D eigenvalue weighted by atomic mass is 10.1. The maximum absolute atomic E-state index is 11.9. The predicted octanol–water partition coefficient (Wildman–Crippen LogP) is 3.58. The Morgan fingerprint density at radius 3 is 2.85 bits per heavy atom. The first kappa shape index (κ1) is 19.9. The van der Waals surface area contributed by atoms with Crippen LogP contribution >= 0.6 is 11.3 Å². The van der Waals surface area contributed by atoms with Crippen molar-refractivity contribution < 1.29 is 14.3 Å². The summed E-state index contributed by atoms with van der Waals surface area (Å²) >= 11 is 1.52. The first-order chi connectivity index (χ1) is 12.5. The van der Waals surface area contributed by atoms with E-state index in [4.69, 9.17) is 9.47 Å². The SMILES string of the molecule is COc1cc(/C=N\NC(=O)Cc2csc(C)n2)ccc1OCCC(C)C. The smallest absolute Gasteiger partial charge is 0.246 e. The van der Waals surface area contributed by atoms with Gasteiger partial charge in [0.25, 0.3) is 0 Å². The number of nitrogens with one attached hydrogen (secondary N) is 1. The van der Waals surface area contributed by atoms with Crippen molar-refractivity contribution in [2.75, 3.05) is 13.7 Å². The number of aryl methyl sites for hydroxylation is 1. The number of thiazole rings is 1. The standard InChI is InChI=1S/C19H25N3O3S/c1-13(2)7-8-25-17-6-5-15(9-18(17)24-4)11-20-22-19(23)10-16-12-26-14(3)21-16/h5-6,9,11-13H,7-8,10H2,1-4H3,(H,22,23)/b20-11-. The Kier molecular flexibility index (Phi) is 7.59. The molecule has 0 saturated carbocycles. The van der Waals surface area contributed by atoms with Crippen molar-refractivity contribution in [3.63, 3.8) is 0 Å². The second kappa shape index (κ2) is 9.91. The summed E-state index contributed by atoms with van der Waals surface area (Å²) in [7, 11) is 1.60. The van der Waals surface area contributed by atoms with Crippen LogP contribution in [0.15, 0.2) is 28.7 Å². The molecule has 26 heavy (non-hydrogen) atoms. The molecule has 2 aromatic rings. The van der Waals surface area contributed by atoms with Gasteiger partial charge in [-0.3, -0.25) is 4.79 Å². The van der Waals surface area contributed by atoms with Gasteiger partial charge in [0, 0.05) is 5.38 Å². The van der Waals surface area contributed by atoms with Gasteiger partial charge in [-0.1, -0.05) is 13.8 Å². The number of rotatable bonds is 9. The number of aromatic nitrogens is 1. The average Bonchev–Trinajstić information content (AvgIpc) is 3.00. The maximum Gasteiger partial charge on any atom is 0.246 e. The van der Waals surface area contributed by atoms with Crippen molar-refractivity contribution in [3.8, 4) is 11.5 Å². The Morgan fingerprint density at radius 2 is 2.19 bits per heavy atom. The highest BCUT2D eigenvalue weighted by atomic mass is 32.1. The quantitative estimate of drug-likeness (QED) is 0.537. The second-order valence-electron chi connectivity index (χ2n) is 6.27. The topological polar surface area (TPSA) is 72.8 Å². The van der Waals surface area contributed by atoms with Crippen LogP contribution in [0.1, 0.15) is 36.5 Å². The van der Waals surface area contributed by atoms with Crippen LogP contribution in [0, 0.1) is 12.8 Å². The summed E-state index contributed by atoms with van der Waals surface area (Å²) < 4.78 is 11.1. The van der Waals surface area contributed by atoms with Crippen molar-refractivity contribution in [1.29, 1.82) is 0 Å². The number of carbonyl (C=O) groups excluding carboxylic acids is 1. The Labute approximate surface area is 158 Å². The third-order valence-electron chi connectivity index (χ3n) is 3.55. The van der Waals surface area contributed by atoms with Crippen LogP contribution in [0.5, 0.6) is 11.5 Å². The van der Waals surface area contributed by atoms with E-state index in [0.717, 1.165) is 22.7 Å². The van der Waals surface area contributed by atoms with Gasteiger partial charge >= 0.3 is 0 Å². The molecule has 6 nitrogen and oxygen atoms in total. The van der Waals surface area contributed by atoms with Crippen molar-refractivity contribution in [3.05, 3.63) is 39.8 Å². The molecule has 140 valence electrons. The molecule has 1 N–H and O–H groups in total. The normalized spacial score (nSPS) is 11.1. The number of hydrogen-bond acceptors (Lipinski definition) is 6. The number of hydrogen-bond donors (Lipinski definition) is 1. The molecule has 7 heteroatoms. The minimum atomic E-state index is -0.202. The highest BCUT2D eigenvalue weighted by Gasteiger charge is 2.07. The van der Waals surface area contributed by atoms with Gasteiger partial charge in [-0.2, -0.15) is 5.10 Å². The Hall–Kier alpha value is -2.41. The summed E-state index contributed by atoms with van der Waals surface area (Å²) in [6.07, 6.45) is 2.77. The molecule has 0 saturated heterocycles. The molecular weight excluding hydrogens is 350 g/mol. The van der Waals surface area contributed by atoms with Crippen molar-refractivity contribution >= 4 is 23.5 Å². The third kappa shape index (κ3) is 6.48. The molecule has 1 amide bonds. The first-order valence-electron chi connectivity index (χ1n) is 8.51. The average molecular weight is 375 g/mol. The number of ether oxygens (including phenoxy) is 2. The summed E-state index contributed by atoms with van der Waals surface area (Å²) in [5, 5.41) is 6.81. The third-order valence-corrected chi connectivity index (χ3v) is 4.37. The van der Waals surface area contributed by atoms with E-state index in [0.29, 0.717) is 24.0 Å². The van der Waals surface area contributed by atoms with Gasteiger partial charge in [-0.15, -0.1) is 11.3 Å². The molecule has 0 radical (unpaired) electrons. The van der Waals surface area contributed by atoms with E-state index in [2.05, 4.69) is 29.4 Å². The fourth-order valence-corrected chi connectivity index (χ4v) is 2.77. The van der Waals surface area contributed by atoms with Crippen molar-refractivity contribution in [2.45, 2.75) is 33.6 Å². The van der Waals surface area contributed by atoms with Crippen LogP contribution in [0.25, 0.3) is 0 Å². The number of methoxy groups -OCH3 is 1. The monoisotopic (exact) mass is 375 g/mol. The maximum atomic E-state index is 11.9. The minimum Gasteiger partial charge on any atom is -0.493 e. The van der Waals surface area contributed by atoms with Gasteiger partial charge in [0.2, 0.25) is 5.91 Å². The minimum absolute atomic E-state index is 0.202. The van der Waals surface area contributed by atoms with E-state index in [-0.39, 0.29) is 12.3 Å². The molecule has 1 heterocycles. The molecule has 0 fully saturated rings. The van der Waals surface area contributed by atoms with Gasteiger partial charge < -0.3 is 9.47 Å². The highest BCUT2D eigenvalue weighted by molar-refractivity contribution is 7.09. The molecule has 0 spiro atoms. The molecule has 2 rings (SSSR count). The summed E-state index contributed by atoms with van der Waals surface area (Å²) in [6, 6.07) is 5.54. The van der Waals surface area contributed by atoms with E-state index in [1.807, 2.05) is 30.5 Å². The molecule has 1 aromatic heterocycles. The lowest BCUT2D eigenvalue weighted by Gasteiger charge is -2.12. The zero-order chi connectivity index (χ0) is 18.9. The summed E-state index contributed by atoms with van der Waals surface area (Å²) in [5.41, 5.74) is 4.07. The fourth-order valence-electron chi connectivity index (χ4n) is 2.16. The zero-order valence-electron chi connectivity index (χ0n) is 15.6. The molecule has 0 aliphatic heterocycles. The van der Waals surface area contributed by atoms with E-state index in [9.17, 15) is 4.79 Å². The van der Waals surface area contributed by atoms with Gasteiger partial charge in [0.1, 0.15) is 0 Å². The molecular formula is C19H25N3O3S. The molecule has 0 atom stereocenters. The molecule has 0 bridgehead atoms. The summed E-state index contributed by atoms with van der Waals surface area (Å²) in [4.78, 5) is 16.1. The molecule has 0 aliphatic rings. The predicted molar refractivity (Wildman–Crippen MR) is 104 cm³/mol. The van der Waals surface area contributed by atoms with Crippen LogP contribution in [-0.4, -0.2) is 30.8 Å². The van der Waals surface area contributed by atoms with Crippen molar-refractivity contribution in [2.24, 2.45) is 11.0 Å². The van der Waals surface area contributed by atoms with Gasteiger partial charge in [-0.25, -0.2) is 10.4 Å². The van der Waals surface area contributed by atoms with Gasteiger partial charge in [0.05, 0.1) is 37.1 Å². The Morgan fingerprint density at radius 1 is 1.38 bits per heavy atom. The molecule has 0 unspecified atom stereocenters. The zero-order valence-corrected chi connectivity index (χ0v) is 16.4. The highest BCUT2D eigenvalue weighted by Crippen LogP contribution is 2.27. The lowest BCUT2D eigenvalue weighted by Crippen LogP contribution is -2.19. The largest absolute Gasteiger partial charge is 0.493 e. The van der Waals surface area contributed by atoms with Crippen LogP contribution in [-0.2, 0) is 11.2 Å². The van der Waals surface area contributed by atoms with Crippen LogP contribution in [0.4, 0.5) is 0 Å². The van der Waals surface area contributed by atoms with E-state index < -0.39 is 0 Å². The molecule has 1 aromatic carbocycles. The fraction of sp³-hybridized carbons (Fsp3) is 0.421. The van der Waals surface area contributed by atoms with Crippen molar-refractivity contribution in [1.82, 2.24) is 10.4 Å². The van der Waals surface area contributed by atoms with Crippen LogP contribution in [0.2, 0.25) is 0 Å². The second-order valence-corrected chi connectivity index (χ2v) is 7.33. The van der Waals surface area contributed by atoms with Crippen LogP contribution in [0.3, 0.4) is 0 Å². The Bertz CT molecular complexity index is 756. The number of benzene rings is 1. The number of amides is 1. The number of carbonyl (C=O) groups is 1. The summed E-state index contributed by atoms with van der Waals surface area (Å²) in [6.45, 7) is 6.87. The van der Waals surface area contributed by atoms with E-state index in [1.165, 1.54) is 11.3 Å². The van der Waals surface area contributed by atoms with E-state index >= 15 is 0 Å². The molecule has 0 aliphatic carbocycles. The summed E-state index contributed by atoms with van der Waals surface area (Å²) in [5.74, 6) is 1.73. The lowest BCUT2D eigenvalue weighted by molar-refractivity contribution is -0.120. The van der Waals surface area contributed by atoms with Gasteiger partial charge in [-0.05, 0) is 43.0 Å². The van der Waals surface area contributed by atoms with E-state index in [1.54, 1.807) is 13.3 Å². The van der Waals surface area contributed by atoms with Gasteiger partial charge in [0.15, 0.2) is 11.5 Å². The number of nitrogens with zero attached hydrogens (tertiary/aromatic N) is 2. The first-order valence-corrected chi connectivity index (χ1v) is 9.39.